The van der Waals surface area contributed by atoms with Gasteiger partial charge >= 0.3 is 5.97 Å². The van der Waals surface area contributed by atoms with Gasteiger partial charge in [0.25, 0.3) is 10.0 Å². The molecule has 0 bridgehead atoms. The fraction of sp³-hybridized carbons (Fsp3) is 0.174. The molecule has 0 spiro atoms. The van der Waals surface area contributed by atoms with Crippen molar-refractivity contribution in [1.82, 2.24) is 0 Å². The van der Waals surface area contributed by atoms with Crippen molar-refractivity contribution in [3.8, 4) is 17.2 Å². The zero-order valence-corrected chi connectivity index (χ0v) is 19.0. The van der Waals surface area contributed by atoms with Crippen LogP contribution in [-0.4, -0.2) is 28.1 Å². The number of nitrogens with one attached hydrogen (secondary N) is 1. The molecule has 172 valence electrons. The molecule has 0 aromatic heterocycles. The molecule has 0 saturated carbocycles. The summed E-state index contributed by atoms with van der Waals surface area (Å²) in [6.45, 7) is 3.94. The van der Waals surface area contributed by atoms with Gasteiger partial charge in [0.15, 0.2) is 5.75 Å². The number of nitrogens with zero attached hydrogens (tertiary/aromatic N) is 1. The van der Waals surface area contributed by atoms with Gasteiger partial charge in [0.2, 0.25) is 0 Å². The average Bonchev–Trinajstić information content (AvgIpc) is 2.80. The highest BCUT2D eigenvalue weighted by molar-refractivity contribution is 7.92. The highest BCUT2D eigenvalue weighted by atomic mass is 32.2. The molecule has 0 aliphatic rings. The third-order valence-corrected chi connectivity index (χ3v) is 5.92. The lowest BCUT2D eigenvalue weighted by Gasteiger charge is -2.14. The summed E-state index contributed by atoms with van der Waals surface area (Å²) in [5.74, 6) is 0.0656. The van der Waals surface area contributed by atoms with Crippen LogP contribution >= 0.6 is 0 Å². The number of hydrogen-bond donors (Lipinski definition) is 1. The molecular formula is C23H22N2O7S. The predicted octanol–water partition coefficient (Wildman–Crippen LogP) is 5.17. The van der Waals surface area contributed by atoms with Gasteiger partial charge in [-0.3, -0.25) is 4.72 Å². The van der Waals surface area contributed by atoms with Gasteiger partial charge in [0.1, 0.15) is 17.2 Å². The van der Waals surface area contributed by atoms with Crippen LogP contribution in [0.15, 0.2) is 70.7 Å². The van der Waals surface area contributed by atoms with Crippen LogP contribution in [0.2, 0.25) is 0 Å². The summed E-state index contributed by atoms with van der Waals surface area (Å²) >= 11 is 0. The molecule has 9 nitrogen and oxygen atoms in total. The summed E-state index contributed by atoms with van der Waals surface area (Å²) in [5.41, 5.74) is 1.03. The van der Waals surface area contributed by atoms with E-state index < -0.39 is 16.0 Å². The van der Waals surface area contributed by atoms with E-state index in [4.69, 9.17) is 14.2 Å². The Bertz CT molecular complexity index is 1270. The minimum Gasteiger partial charge on any atom is -0.491 e. The Hall–Kier alpha value is -3.92. The number of nitroso groups, excluding NO2 is 1. The third-order valence-electron chi connectivity index (χ3n) is 4.54. The Labute approximate surface area is 191 Å². The lowest BCUT2D eigenvalue weighted by atomic mass is 10.1. The van der Waals surface area contributed by atoms with E-state index in [-0.39, 0.29) is 33.3 Å². The van der Waals surface area contributed by atoms with Crippen molar-refractivity contribution in [3.05, 3.63) is 76.7 Å². The van der Waals surface area contributed by atoms with Crippen LogP contribution in [0.1, 0.15) is 22.8 Å². The van der Waals surface area contributed by atoms with Crippen molar-refractivity contribution < 1.29 is 27.4 Å². The van der Waals surface area contributed by atoms with Gasteiger partial charge in [-0.15, -0.1) is 4.91 Å². The molecule has 33 heavy (non-hydrogen) atoms. The van der Waals surface area contributed by atoms with Crippen LogP contribution < -0.4 is 14.2 Å². The second kappa shape index (κ2) is 10.1. The molecule has 0 aliphatic heterocycles. The standard InChI is InChI=1S/C23H22N2O7S/c1-4-31-22-14-17(8-12-21(22)24-27)32-16-7-11-20(19(13-16)23(26)30-3)25-33(28,29)18-9-5-15(2)6-10-18/h5-14,25H,4H2,1-3H3. The van der Waals surface area contributed by atoms with E-state index >= 15 is 0 Å². The first-order valence-electron chi connectivity index (χ1n) is 9.87. The van der Waals surface area contributed by atoms with Crippen LogP contribution in [0.5, 0.6) is 17.2 Å². The van der Waals surface area contributed by atoms with Crippen molar-refractivity contribution >= 4 is 27.4 Å². The van der Waals surface area contributed by atoms with E-state index in [0.29, 0.717) is 12.4 Å². The number of carbonyl (C=O) groups excluding carboxylic acids is 1. The summed E-state index contributed by atoms with van der Waals surface area (Å²) in [6.07, 6.45) is 0. The number of ether oxygens (including phenoxy) is 3. The SMILES string of the molecule is CCOc1cc(Oc2ccc(NS(=O)(=O)c3ccc(C)cc3)c(C(=O)OC)c2)ccc1N=O. The topological polar surface area (TPSA) is 120 Å². The third kappa shape index (κ3) is 5.66. The minimum atomic E-state index is -3.94. The van der Waals surface area contributed by atoms with Crippen LogP contribution in [0, 0.1) is 11.8 Å². The van der Waals surface area contributed by atoms with Crippen LogP contribution in [0.3, 0.4) is 0 Å². The Morgan fingerprint density at radius 2 is 1.67 bits per heavy atom. The smallest absolute Gasteiger partial charge is 0.340 e. The van der Waals surface area contributed by atoms with E-state index in [0.717, 1.165) is 5.56 Å². The number of carbonyl (C=O) groups is 1. The first kappa shape index (κ1) is 23.7. The largest absolute Gasteiger partial charge is 0.491 e. The van der Waals surface area contributed by atoms with Gasteiger partial charge in [-0.25, -0.2) is 13.2 Å². The molecule has 0 fully saturated rings. The number of rotatable bonds is 9. The van der Waals surface area contributed by atoms with Crippen molar-refractivity contribution in [2.45, 2.75) is 18.7 Å². The molecule has 1 N–H and O–H groups in total. The maximum absolute atomic E-state index is 12.8. The van der Waals surface area contributed by atoms with Crippen molar-refractivity contribution in [2.24, 2.45) is 5.18 Å². The lowest BCUT2D eigenvalue weighted by molar-refractivity contribution is 0.0601. The molecular weight excluding hydrogens is 448 g/mol. The summed E-state index contributed by atoms with van der Waals surface area (Å²) < 4.78 is 43.9. The molecule has 0 heterocycles. The lowest BCUT2D eigenvalue weighted by Crippen LogP contribution is -2.16. The molecule has 0 aliphatic carbocycles. The number of esters is 1. The summed E-state index contributed by atoms with van der Waals surface area (Å²) in [6, 6.07) is 15.0. The molecule has 0 radical (unpaired) electrons. The van der Waals surface area contributed by atoms with Crippen LogP contribution in [0.4, 0.5) is 11.4 Å². The second-order valence-corrected chi connectivity index (χ2v) is 8.56. The fourth-order valence-corrected chi connectivity index (χ4v) is 4.00. The summed E-state index contributed by atoms with van der Waals surface area (Å²) in [4.78, 5) is 23.3. The van der Waals surface area contributed by atoms with Crippen molar-refractivity contribution in [1.29, 1.82) is 0 Å². The van der Waals surface area contributed by atoms with Gasteiger partial charge in [-0.05, 0) is 61.5 Å². The Morgan fingerprint density at radius 3 is 2.30 bits per heavy atom. The van der Waals surface area contributed by atoms with Gasteiger partial charge < -0.3 is 14.2 Å². The highest BCUT2D eigenvalue weighted by Crippen LogP contribution is 2.35. The maximum atomic E-state index is 12.8. The van der Waals surface area contributed by atoms with Crippen molar-refractivity contribution in [2.75, 3.05) is 18.4 Å². The van der Waals surface area contributed by atoms with Crippen molar-refractivity contribution in [3.63, 3.8) is 0 Å². The normalized spacial score (nSPS) is 10.9. The van der Waals surface area contributed by atoms with E-state index in [2.05, 4.69) is 9.90 Å². The predicted molar refractivity (Wildman–Crippen MR) is 123 cm³/mol. The summed E-state index contributed by atoms with van der Waals surface area (Å²) in [5, 5.41) is 2.90. The molecule has 3 aromatic rings. The number of sulfonamides is 1. The molecule has 0 amide bonds. The van der Waals surface area contributed by atoms with Crippen LogP contribution in [-0.2, 0) is 14.8 Å². The molecule has 3 aromatic carbocycles. The fourth-order valence-electron chi connectivity index (χ4n) is 2.92. The Kier molecular flexibility index (Phi) is 7.29. The minimum absolute atomic E-state index is 0.0327. The monoisotopic (exact) mass is 470 g/mol. The zero-order valence-electron chi connectivity index (χ0n) is 18.2. The number of aryl methyl sites for hydroxylation is 1. The Balaban J connectivity index is 1.93. The van der Waals surface area contributed by atoms with E-state index in [1.165, 1.54) is 55.6 Å². The van der Waals surface area contributed by atoms with E-state index in [1.807, 2.05) is 6.92 Å². The molecule has 0 saturated heterocycles. The number of anilines is 1. The first-order valence-corrected chi connectivity index (χ1v) is 11.4. The maximum Gasteiger partial charge on any atom is 0.340 e. The van der Waals surface area contributed by atoms with Gasteiger partial charge in [0.05, 0.1) is 29.9 Å². The first-order chi connectivity index (χ1) is 15.8. The number of methoxy groups -OCH3 is 1. The molecule has 10 heteroatoms. The van der Waals surface area contributed by atoms with Gasteiger partial charge in [-0.1, -0.05) is 17.7 Å². The van der Waals surface area contributed by atoms with Gasteiger partial charge in [0, 0.05) is 6.07 Å². The Morgan fingerprint density at radius 1 is 1.00 bits per heavy atom. The molecule has 3 rings (SSSR count). The molecule has 0 atom stereocenters. The summed E-state index contributed by atoms with van der Waals surface area (Å²) in [7, 11) is -2.75. The van der Waals surface area contributed by atoms with Gasteiger partial charge in [-0.2, -0.15) is 0 Å². The number of benzene rings is 3. The van der Waals surface area contributed by atoms with E-state index in [1.54, 1.807) is 19.1 Å². The zero-order chi connectivity index (χ0) is 24.0. The quantitative estimate of drug-likeness (QED) is 0.338. The second-order valence-electron chi connectivity index (χ2n) is 6.87. The molecule has 0 unspecified atom stereocenters. The van der Waals surface area contributed by atoms with E-state index in [9.17, 15) is 18.1 Å². The highest BCUT2D eigenvalue weighted by Gasteiger charge is 2.20. The number of hydrogen-bond acceptors (Lipinski definition) is 8. The van der Waals surface area contributed by atoms with Crippen LogP contribution in [0.25, 0.3) is 0 Å². The average molecular weight is 471 g/mol.